The predicted octanol–water partition coefficient (Wildman–Crippen LogP) is 6.45. The van der Waals surface area contributed by atoms with E-state index in [0.29, 0.717) is 16.7 Å². The van der Waals surface area contributed by atoms with Crippen LogP contribution in [0.2, 0.25) is 0 Å². The van der Waals surface area contributed by atoms with E-state index in [9.17, 15) is 4.79 Å². The Kier molecular flexibility index (Phi) is 6.14. The van der Waals surface area contributed by atoms with Crippen molar-refractivity contribution in [1.29, 1.82) is 0 Å². The molecule has 0 spiro atoms. The fraction of sp³-hybridized carbons (Fsp3) is 0.167. The van der Waals surface area contributed by atoms with E-state index < -0.39 is 0 Å². The molecule has 1 N–H and O–H groups in total. The van der Waals surface area contributed by atoms with Crippen LogP contribution < -0.4 is 5.32 Å². The van der Waals surface area contributed by atoms with Crippen LogP contribution in [0.1, 0.15) is 36.6 Å². The van der Waals surface area contributed by atoms with Crippen LogP contribution in [0, 0.1) is 0 Å². The summed E-state index contributed by atoms with van der Waals surface area (Å²) in [5, 5.41) is 10.0. The third-order valence-corrected chi connectivity index (χ3v) is 7.64. The van der Waals surface area contributed by atoms with Crippen molar-refractivity contribution >= 4 is 34.4 Å². The normalized spacial score (nSPS) is 15.0. The molecule has 1 aliphatic rings. The van der Waals surface area contributed by atoms with Gasteiger partial charge in [-0.1, -0.05) is 90.6 Å². The highest BCUT2D eigenvalue weighted by molar-refractivity contribution is 7.98. The van der Waals surface area contributed by atoms with Crippen molar-refractivity contribution in [2.75, 3.05) is 5.32 Å². The molecule has 1 aliphatic heterocycles. The van der Waals surface area contributed by atoms with Gasteiger partial charge in [-0.15, -0.1) is 5.10 Å². The van der Waals surface area contributed by atoms with Crippen LogP contribution in [0.15, 0.2) is 108 Å². The van der Waals surface area contributed by atoms with Gasteiger partial charge in [0.15, 0.2) is 5.78 Å². The SMILES string of the molecule is CC(=O)C1=C(C)Nc2nc(SCc3ccccc3)nn2C1c1cn(Cc2ccccc2)c2ccccc12. The topological polar surface area (TPSA) is 64.7 Å². The number of rotatable bonds is 7. The number of carbonyl (C=O) groups is 1. The third-order valence-electron chi connectivity index (χ3n) is 6.73. The Morgan fingerprint density at radius 3 is 2.35 bits per heavy atom. The zero-order valence-electron chi connectivity index (χ0n) is 20.8. The van der Waals surface area contributed by atoms with Crippen LogP contribution in [0.4, 0.5) is 5.95 Å². The Bertz CT molecular complexity index is 1620. The Morgan fingerprint density at radius 1 is 0.946 bits per heavy atom. The van der Waals surface area contributed by atoms with Gasteiger partial charge in [0.25, 0.3) is 0 Å². The molecule has 0 amide bonds. The number of nitrogens with zero attached hydrogens (tertiary/aromatic N) is 4. The first-order chi connectivity index (χ1) is 18.1. The first-order valence-electron chi connectivity index (χ1n) is 12.3. The summed E-state index contributed by atoms with van der Waals surface area (Å²) in [6.45, 7) is 4.32. The quantitative estimate of drug-likeness (QED) is 0.258. The van der Waals surface area contributed by atoms with Crippen LogP contribution in [-0.2, 0) is 17.1 Å². The molecule has 1 unspecified atom stereocenters. The number of carbonyl (C=O) groups excluding carboxylic acids is 1. The molecule has 6 nitrogen and oxygen atoms in total. The molecule has 0 fully saturated rings. The van der Waals surface area contributed by atoms with E-state index in [1.807, 2.05) is 41.9 Å². The van der Waals surface area contributed by atoms with Crippen LogP contribution in [-0.4, -0.2) is 25.1 Å². The predicted molar refractivity (Wildman–Crippen MR) is 149 cm³/mol. The fourth-order valence-electron chi connectivity index (χ4n) is 5.06. The number of allylic oxidation sites excluding steroid dienone is 2. The summed E-state index contributed by atoms with van der Waals surface area (Å²) in [6, 6.07) is 28.7. The molecule has 0 aliphatic carbocycles. The number of benzene rings is 3. The first-order valence-corrected chi connectivity index (χ1v) is 13.3. The fourth-order valence-corrected chi connectivity index (χ4v) is 5.85. The number of nitrogens with one attached hydrogen (secondary N) is 1. The summed E-state index contributed by atoms with van der Waals surface area (Å²) in [4.78, 5) is 17.8. The van der Waals surface area contributed by atoms with E-state index in [1.54, 1.807) is 18.7 Å². The maximum atomic E-state index is 13.0. The highest BCUT2D eigenvalue weighted by atomic mass is 32.2. The number of Topliss-reactive ketones (excluding diaryl/α,β-unsaturated/α-hetero) is 1. The summed E-state index contributed by atoms with van der Waals surface area (Å²) in [5.41, 5.74) is 6.13. The number of fused-ring (bicyclic) bond motifs is 2. The number of hydrogen-bond acceptors (Lipinski definition) is 5. The van der Waals surface area contributed by atoms with Crippen molar-refractivity contribution < 1.29 is 4.79 Å². The molecule has 37 heavy (non-hydrogen) atoms. The summed E-state index contributed by atoms with van der Waals surface area (Å²) in [7, 11) is 0. The lowest BCUT2D eigenvalue weighted by atomic mass is 9.93. The van der Waals surface area contributed by atoms with E-state index in [4.69, 9.17) is 10.1 Å². The van der Waals surface area contributed by atoms with Crippen molar-refractivity contribution in [3.05, 3.63) is 119 Å². The van der Waals surface area contributed by atoms with Crippen molar-refractivity contribution in [2.45, 2.75) is 37.3 Å². The van der Waals surface area contributed by atoms with E-state index in [1.165, 1.54) is 11.1 Å². The summed E-state index contributed by atoms with van der Waals surface area (Å²) in [5.74, 6) is 1.45. The van der Waals surface area contributed by atoms with Crippen LogP contribution in [0.5, 0.6) is 0 Å². The lowest BCUT2D eigenvalue weighted by Crippen LogP contribution is -2.27. The zero-order chi connectivity index (χ0) is 25.4. The van der Waals surface area contributed by atoms with Crippen molar-refractivity contribution in [2.24, 2.45) is 0 Å². The van der Waals surface area contributed by atoms with E-state index in [2.05, 4.69) is 70.7 Å². The molecule has 3 aromatic carbocycles. The van der Waals surface area contributed by atoms with Gasteiger partial charge in [0.1, 0.15) is 6.04 Å². The van der Waals surface area contributed by atoms with Gasteiger partial charge in [0.2, 0.25) is 11.1 Å². The van der Waals surface area contributed by atoms with Crippen LogP contribution in [0.25, 0.3) is 10.9 Å². The Balaban J connectivity index is 1.44. The summed E-state index contributed by atoms with van der Waals surface area (Å²) in [6.07, 6.45) is 2.17. The molecular weight excluding hydrogens is 478 g/mol. The number of aromatic nitrogens is 4. The molecule has 0 bridgehead atoms. The number of thioether (sulfide) groups is 1. The van der Waals surface area contributed by atoms with Gasteiger partial charge in [-0.25, -0.2) is 4.68 Å². The Morgan fingerprint density at radius 2 is 1.62 bits per heavy atom. The largest absolute Gasteiger partial charge is 0.343 e. The summed E-state index contributed by atoms with van der Waals surface area (Å²) >= 11 is 1.59. The number of para-hydroxylation sites is 1. The van der Waals surface area contributed by atoms with E-state index >= 15 is 0 Å². The number of hydrogen-bond donors (Lipinski definition) is 1. The maximum Gasteiger partial charge on any atom is 0.227 e. The van der Waals surface area contributed by atoms with Gasteiger partial charge in [-0.05, 0) is 31.0 Å². The molecule has 184 valence electrons. The lowest BCUT2D eigenvalue weighted by molar-refractivity contribution is -0.114. The monoisotopic (exact) mass is 505 g/mol. The van der Waals surface area contributed by atoms with Crippen LogP contribution in [0.3, 0.4) is 0 Å². The molecule has 7 heteroatoms. The minimum absolute atomic E-state index is 0.0227. The first kappa shape index (κ1) is 23.3. The second-order valence-electron chi connectivity index (χ2n) is 9.27. The number of anilines is 1. The van der Waals surface area contributed by atoms with E-state index in [0.717, 1.165) is 34.5 Å². The molecule has 2 aromatic heterocycles. The Labute approximate surface area is 220 Å². The molecule has 3 heterocycles. The minimum Gasteiger partial charge on any atom is -0.343 e. The van der Waals surface area contributed by atoms with E-state index in [-0.39, 0.29) is 11.8 Å². The molecular formula is C30H27N5OS. The zero-order valence-corrected chi connectivity index (χ0v) is 21.6. The third kappa shape index (κ3) is 4.47. The second kappa shape index (κ2) is 9.75. The molecule has 0 saturated heterocycles. The molecule has 0 radical (unpaired) electrons. The van der Waals surface area contributed by atoms with Crippen LogP contribution >= 0.6 is 11.8 Å². The average molecular weight is 506 g/mol. The highest BCUT2D eigenvalue weighted by Crippen LogP contribution is 2.40. The lowest BCUT2D eigenvalue weighted by Gasteiger charge is -2.27. The molecule has 0 saturated carbocycles. The molecule has 6 rings (SSSR count). The van der Waals surface area contributed by atoms with Gasteiger partial charge in [-0.2, -0.15) is 4.98 Å². The summed E-state index contributed by atoms with van der Waals surface area (Å²) < 4.78 is 4.14. The minimum atomic E-state index is -0.366. The molecule has 5 aromatic rings. The smallest absolute Gasteiger partial charge is 0.227 e. The van der Waals surface area contributed by atoms with Gasteiger partial charge >= 0.3 is 0 Å². The second-order valence-corrected chi connectivity index (χ2v) is 10.2. The average Bonchev–Trinajstić information content (AvgIpc) is 3.49. The van der Waals surface area contributed by atoms with Gasteiger partial charge in [0.05, 0.1) is 0 Å². The van der Waals surface area contributed by atoms with Crippen molar-refractivity contribution in [3.8, 4) is 0 Å². The maximum absolute atomic E-state index is 13.0. The van der Waals surface area contributed by atoms with Crippen molar-refractivity contribution in [1.82, 2.24) is 19.3 Å². The standard InChI is InChI=1S/C30H27N5OS/c1-20-27(21(2)36)28(35-29(31-20)32-30(33-35)37-19-23-13-7-4-8-14-23)25-18-34(17-22-11-5-3-6-12-22)26-16-10-9-15-24(25)26/h3-16,18,28H,17,19H2,1-2H3,(H,31,32,33). The van der Waals surface area contributed by atoms with Crippen molar-refractivity contribution in [3.63, 3.8) is 0 Å². The highest BCUT2D eigenvalue weighted by Gasteiger charge is 2.34. The number of ketones is 1. The van der Waals surface area contributed by atoms with Gasteiger partial charge < -0.3 is 9.88 Å². The van der Waals surface area contributed by atoms with Gasteiger partial charge in [0, 0.05) is 46.2 Å². The van der Waals surface area contributed by atoms with Gasteiger partial charge in [-0.3, -0.25) is 4.79 Å². The molecule has 1 atom stereocenters. The Hall–Kier alpha value is -4.10.